The van der Waals surface area contributed by atoms with Crippen molar-refractivity contribution >= 4 is 24.3 Å². The lowest BCUT2D eigenvalue weighted by Crippen LogP contribution is -2.31. The van der Waals surface area contributed by atoms with Crippen molar-refractivity contribution in [1.29, 1.82) is 0 Å². The fourth-order valence-electron chi connectivity index (χ4n) is 2.68. The maximum atomic E-state index is 12.6. The Labute approximate surface area is 177 Å². The van der Waals surface area contributed by atoms with Crippen LogP contribution in [0.3, 0.4) is 0 Å². The highest BCUT2D eigenvalue weighted by Crippen LogP contribution is 2.34. The van der Waals surface area contributed by atoms with Crippen LogP contribution in [0.25, 0.3) is 11.1 Å². The minimum Gasteiger partial charge on any atom is -0.497 e. The highest BCUT2D eigenvalue weighted by atomic mass is 35.5. The topological polar surface area (TPSA) is 77.1 Å². The van der Waals surface area contributed by atoms with Gasteiger partial charge in [0, 0.05) is 24.2 Å². The third kappa shape index (κ3) is 6.37. The largest absolute Gasteiger partial charge is 0.497 e. The Hall–Kier alpha value is -2.77. The molecule has 2 aromatic carbocycles. The number of halogens is 1. The van der Waals surface area contributed by atoms with E-state index in [4.69, 9.17) is 14.2 Å². The van der Waals surface area contributed by atoms with E-state index in [9.17, 15) is 9.59 Å². The average Bonchev–Trinajstić information content (AvgIpc) is 2.71. The van der Waals surface area contributed by atoms with Gasteiger partial charge in [0.1, 0.15) is 11.5 Å². The standard InChI is InChI=1S/C21H26N2O5.ClH/c1-23(2)9-8-22-20(24)15-10-14(11-16(12-15)21(25)28-5)18-13-17(26-3)6-7-19(18)27-4;/h6-7,10-13H,8-9H2,1-5H3,(H,22,24);1H. The van der Waals surface area contributed by atoms with E-state index in [0.29, 0.717) is 41.3 Å². The van der Waals surface area contributed by atoms with Gasteiger partial charge in [0.15, 0.2) is 0 Å². The summed E-state index contributed by atoms with van der Waals surface area (Å²) >= 11 is 0. The molecule has 0 spiro atoms. The molecule has 0 radical (unpaired) electrons. The van der Waals surface area contributed by atoms with Crippen LogP contribution in [0, 0.1) is 0 Å². The molecule has 1 amide bonds. The monoisotopic (exact) mass is 422 g/mol. The molecule has 0 aromatic heterocycles. The van der Waals surface area contributed by atoms with E-state index in [1.54, 1.807) is 44.6 Å². The summed E-state index contributed by atoms with van der Waals surface area (Å²) in [4.78, 5) is 26.7. The van der Waals surface area contributed by atoms with Crippen molar-refractivity contribution in [2.75, 3.05) is 48.5 Å². The zero-order valence-corrected chi connectivity index (χ0v) is 18.1. The SMILES string of the molecule is COC(=O)c1cc(C(=O)NCCN(C)C)cc(-c2cc(OC)ccc2OC)c1.Cl. The molecule has 0 aliphatic carbocycles. The molecule has 0 saturated carbocycles. The van der Waals surface area contributed by atoms with Gasteiger partial charge in [-0.2, -0.15) is 0 Å². The van der Waals surface area contributed by atoms with Gasteiger partial charge in [-0.05, 0) is 56.1 Å². The van der Waals surface area contributed by atoms with E-state index >= 15 is 0 Å². The fourth-order valence-corrected chi connectivity index (χ4v) is 2.68. The number of methoxy groups -OCH3 is 3. The molecule has 29 heavy (non-hydrogen) atoms. The summed E-state index contributed by atoms with van der Waals surface area (Å²) in [5.41, 5.74) is 2.00. The van der Waals surface area contributed by atoms with E-state index in [0.717, 1.165) is 0 Å². The van der Waals surface area contributed by atoms with Crippen molar-refractivity contribution in [3.05, 3.63) is 47.5 Å². The molecule has 8 heteroatoms. The number of hydrogen-bond donors (Lipinski definition) is 1. The average molecular weight is 423 g/mol. The first-order chi connectivity index (χ1) is 13.4. The quantitative estimate of drug-likeness (QED) is 0.659. The zero-order chi connectivity index (χ0) is 20.7. The predicted octanol–water partition coefficient (Wildman–Crippen LogP) is 2.87. The Balaban J connectivity index is 0.00000420. The van der Waals surface area contributed by atoms with Crippen LogP contribution in [-0.4, -0.2) is 65.3 Å². The third-order valence-electron chi connectivity index (χ3n) is 4.18. The Morgan fingerprint density at radius 2 is 1.66 bits per heavy atom. The Morgan fingerprint density at radius 1 is 0.966 bits per heavy atom. The summed E-state index contributed by atoms with van der Waals surface area (Å²) in [5.74, 6) is 0.444. The normalized spacial score (nSPS) is 10.1. The van der Waals surface area contributed by atoms with Crippen LogP contribution in [0.2, 0.25) is 0 Å². The Kier molecular flexibility index (Phi) is 9.44. The van der Waals surface area contributed by atoms with Gasteiger partial charge in [-0.25, -0.2) is 4.79 Å². The predicted molar refractivity (Wildman–Crippen MR) is 114 cm³/mol. The summed E-state index contributed by atoms with van der Waals surface area (Å²) in [6.07, 6.45) is 0. The van der Waals surface area contributed by atoms with Gasteiger partial charge in [0.25, 0.3) is 5.91 Å². The van der Waals surface area contributed by atoms with E-state index in [-0.39, 0.29) is 23.9 Å². The number of likely N-dealkylation sites (N-methyl/N-ethyl adjacent to an activating group) is 1. The smallest absolute Gasteiger partial charge is 0.337 e. The molecule has 7 nitrogen and oxygen atoms in total. The molecule has 2 aromatic rings. The highest BCUT2D eigenvalue weighted by Gasteiger charge is 2.16. The third-order valence-corrected chi connectivity index (χ3v) is 4.18. The number of nitrogens with one attached hydrogen (secondary N) is 1. The van der Waals surface area contributed by atoms with Crippen LogP contribution in [-0.2, 0) is 4.74 Å². The first kappa shape index (κ1) is 24.3. The number of carbonyl (C=O) groups excluding carboxylic acids is 2. The molecule has 0 aliphatic heterocycles. The highest BCUT2D eigenvalue weighted by molar-refractivity contribution is 6.00. The van der Waals surface area contributed by atoms with Gasteiger partial charge in [-0.15, -0.1) is 12.4 Å². The Bertz CT molecular complexity index is 855. The second-order valence-corrected chi connectivity index (χ2v) is 6.42. The maximum absolute atomic E-state index is 12.6. The summed E-state index contributed by atoms with van der Waals surface area (Å²) in [5, 5.41) is 2.86. The molecule has 0 fully saturated rings. The van der Waals surface area contributed by atoms with E-state index < -0.39 is 5.97 Å². The molecule has 2 rings (SSSR count). The number of rotatable bonds is 8. The fraction of sp³-hybridized carbons (Fsp3) is 0.333. The van der Waals surface area contributed by atoms with Crippen molar-refractivity contribution in [3.8, 4) is 22.6 Å². The van der Waals surface area contributed by atoms with Gasteiger partial charge >= 0.3 is 5.97 Å². The van der Waals surface area contributed by atoms with Gasteiger partial charge in [0.2, 0.25) is 0 Å². The molecule has 0 heterocycles. The van der Waals surface area contributed by atoms with E-state index in [1.165, 1.54) is 13.2 Å². The van der Waals surface area contributed by atoms with Gasteiger partial charge in [-0.3, -0.25) is 4.79 Å². The number of carbonyl (C=O) groups is 2. The summed E-state index contributed by atoms with van der Waals surface area (Å²) < 4.78 is 15.6. The summed E-state index contributed by atoms with van der Waals surface area (Å²) in [7, 11) is 8.29. The maximum Gasteiger partial charge on any atom is 0.337 e. The lowest BCUT2D eigenvalue weighted by Gasteiger charge is -2.14. The second kappa shape index (κ2) is 11.3. The summed E-state index contributed by atoms with van der Waals surface area (Å²) in [6, 6.07) is 10.3. The number of nitrogens with zero attached hydrogens (tertiary/aromatic N) is 1. The van der Waals surface area contributed by atoms with Crippen LogP contribution in [0.15, 0.2) is 36.4 Å². The van der Waals surface area contributed by atoms with E-state index in [2.05, 4.69) is 5.32 Å². The van der Waals surface area contributed by atoms with Crippen molar-refractivity contribution in [2.24, 2.45) is 0 Å². The lowest BCUT2D eigenvalue weighted by molar-refractivity contribution is 0.0600. The minimum absolute atomic E-state index is 0. The Morgan fingerprint density at radius 3 is 2.24 bits per heavy atom. The van der Waals surface area contributed by atoms with Gasteiger partial charge in [0.05, 0.1) is 26.9 Å². The molecule has 0 atom stereocenters. The van der Waals surface area contributed by atoms with Crippen molar-refractivity contribution in [3.63, 3.8) is 0 Å². The molecule has 0 saturated heterocycles. The molecular formula is C21H27ClN2O5. The van der Waals surface area contributed by atoms with Gasteiger partial charge < -0.3 is 24.4 Å². The van der Waals surface area contributed by atoms with E-state index in [1.807, 2.05) is 19.0 Å². The minimum atomic E-state index is -0.522. The van der Waals surface area contributed by atoms with Crippen molar-refractivity contribution in [2.45, 2.75) is 0 Å². The lowest BCUT2D eigenvalue weighted by atomic mass is 9.98. The second-order valence-electron chi connectivity index (χ2n) is 6.42. The molecule has 0 unspecified atom stereocenters. The van der Waals surface area contributed by atoms with Crippen LogP contribution >= 0.6 is 12.4 Å². The first-order valence-electron chi connectivity index (χ1n) is 8.78. The van der Waals surface area contributed by atoms with Crippen molar-refractivity contribution in [1.82, 2.24) is 10.2 Å². The molecule has 158 valence electrons. The van der Waals surface area contributed by atoms with Crippen LogP contribution in [0.1, 0.15) is 20.7 Å². The number of benzene rings is 2. The first-order valence-corrected chi connectivity index (χ1v) is 8.78. The molecular weight excluding hydrogens is 396 g/mol. The molecule has 0 aliphatic rings. The van der Waals surface area contributed by atoms with Crippen LogP contribution in [0.5, 0.6) is 11.5 Å². The zero-order valence-electron chi connectivity index (χ0n) is 17.3. The number of amides is 1. The van der Waals surface area contributed by atoms with Crippen LogP contribution in [0.4, 0.5) is 0 Å². The molecule has 0 bridgehead atoms. The number of hydrogen-bond acceptors (Lipinski definition) is 6. The van der Waals surface area contributed by atoms with Crippen LogP contribution < -0.4 is 14.8 Å². The van der Waals surface area contributed by atoms with Gasteiger partial charge in [-0.1, -0.05) is 0 Å². The van der Waals surface area contributed by atoms with Crippen molar-refractivity contribution < 1.29 is 23.8 Å². The number of ether oxygens (including phenoxy) is 3. The number of esters is 1. The summed E-state index contributed by atoms with van der Waals surface area (Å²) in [6.45, 7) is 1.20. The molecule has 1 N–H and O–H groups in total.